The first-order chi connectivity index (χ1) is 8.77. The summed E-state index contributed by atoms with van der Waals surface area (Å²) in [5.74, 6) is 0.174. The fraction of sp³-hybridized carbons (Fsp3) is 0.357. The quantitative estimate of drug-likeness (QED) is 0.909. The monoisotopic (exact) mass is 281 g/mol. The van der Waals surface area contributed by atoms with E-state index in [4.69, 9.17) is 16.0 Å². The van der Waals surface area contributed by atoms with Gasteiger partial charge in [0.15, 0.2) is 0 Å². The summed E-state index contributed by atoms with van der Waals surface area (Å²) in [5.41, 5.74) is -0.701. The highest BCUT2D eigenvalue weighted by Crippen LogP contribution is 2.26. The van der Waals surface area contributed by atoms with E-state index in [1.165, 1.54) is 13.8 Å². The van der Waals surface area contributed by atoms with E-state index >= 15 is 0 Å². The standard InChI is InChI=1S/C14H16ClNO3/c1-8(16-13(17)14(2,3)18)12-7-9-6-10(15)4-5-11(9)19-12/h4-8,18H,1-3H3,(H,16,17). The summed E-state index contributed by atoms with van der Waals surface area (Å²) in [6.07, 6.45) is 0. The number of amides is 1. The van der Waals surface area contributed by atoms with Crippen LogP contribution in [0.15, 0.2) is 28.7 Å². The maximum absolute atomic E-state index is 11.7. The van der Waals surface area contributed by atoms with E-state index in [1.54, 1.807) is 25.1 Å². The summed E-state index contributed by atoms with van der Waals surface area (Å²) >= 11 is 5.91. The van der Waals surface area contributed by atoms with Crippen molar-refractivity contribution < 1.29 is 14.3 Å². The molecular formula is C14H16ClNO3. The van der Waals surface area contributed by atoms with Crippen LogP contribution in [0.2, 0.25) is 5.02 Å². The Labute approximate surface area is 116 Å². The minimum absolute atomic E-state index is 0.329. The molecule has 2 aromatic rings. The maximum Gasteiger partial charge on any atom is 0.251 e. The molecule has 0 saturated carbocycles. The van der Waals surface area contributed by atoms with E-state index < -0.39 is 11.5 Å². The van der Waals surface area contributed by atoms with Crippen LogP contribution in [0.3, 0.4) is 0 Å². The third-order valence-electron chi connectivity index (χ3n) is 2.83. The molecule has 1 aromatic heterocycles. The van der Waals surface area contributed by atoms with Gasteiger partial charge in [0.1, 0.15) is 16.9 Å². The minimum Gasteiger partial charge on any atom is -0.459 e. The smallest absolute Gasteiger partial charge is 0.251 e. The van der Waals surface area contributed by atoms with Gasteiger partial charge < -0.3 is 14.8 Å². The second kappa shape index (κ2) is 4.87. The van der Waals surface area contributed by atoms with Crippen LogP contribution in [0.4, 0.5) is 0 Å². The molecule has 0 bridgehead atoms. The van der Waals surface area contributed by atoms with Gasteiger partial charge in [0.25, 0.3) is 5.91 Å². The van der Waals surface area contributed by atoms with Crippen molar-refractivity contribution in [3.63, 3.8) is 0 Å². The van der Waals surface area contributed by atoms with Crippen LogP contribution < -0.4 is 5.32 Å². The molecule has 19 heavy (non-hydrogen) atoms. The molecule has 102 valence electrons. The number of hydrogen-bond donors (Lipinski definition) is 2. The van der Waals surface area contributed by atoms with Crippen molar-refractivity contribution in [2.24, 2.45) is 0 Å². The molecule has 1 aromatic carbocycles. The lowest BCUT2D eigenvalue weighted by atomic mass is 10.1. The van der Waals surface area contributed by atoms with E-state index in [-0.39, 0.29) is 6.04 Å². The lowest BCUT2D eigenvalue weighted by Crippen LogP contribution is -2.42. The minimum atomic E-state index is -1.41. The van der Waals surface area contributed by atoms with Gasteiger partial charge in [-0.25, -0.2) is 0 Å². The van der Waals surface area contributed by atoms with Gasteiger partial charge in [0, 0.05) is 10.4 Å². The molecule has 0 radical (unpaired) electrons. The highest BCUT2D eigenvalue weighted by atomic mass is 35.5. The lowest BCUT2D eigenvalue weighted by Gasteiger charge is -2.19. The van der Waals surface area contributed by atoms with Crippen molar-refractivity contribution in [1.82, 2.24) is 5.32 Å². The lowest BCUT2D eigenvalue weighted by molar-refractivity contribution is -0.137. The predicted octanol–water partition coefficient (Wildman–Crippen LogP) is 3.03. The highest BCUT2D eigenvalue weighted by molar-refractivity contribution is 6.31. The van der Waals surface area contributed by atoms with Crippen LogP contribution in [0.1, 0.15) is 32.6 Å². The maximum atomic E-state index is 11.7. The molecule has 0 fully saturated rings. The largest absolute Gasteiger partial charge is 0.459 e. The van der Waals surface area contributed by atoms with Crippen LogP contribution in [-0.2, 0) is 4.79 Å². The van der Waals surface area contributed by atoms with Gasteiger partial charge in [-0.05, 0) is 45.0 Å². The van der Waals surface area contributed by atoms with E-state index in [0.29, 0.717) is 16.4 Å². The topological polar surface area (TPSA) is 62.5 Å². The molecular weight excluding hydrogens is 266 g/mol. The number of aliphatic hydroxyl groups is 1. The van der Waals surface area contributed by atoms with Crippen molar-refractivity contribution in [2.45, 2.75) is 32.4 Å². The number of carbonyl (C=O) groups is 1. The molecule has 1 heterocycles. The summed E-state index contributed by atoms with van der Waals surface area (Å²) in [4.78, 5) is 11.7. The Morgan fingerprint density at radius 3 is 2.74 bits per heavy atom. The molecule has 5 heteroatoms. The molecule has 0 saturated heterocycles. The van der Waals surface area contributed by atoms with Gasteiger partial charge in [-0.1, -0.05) is 11.6 Å². The van der Waals surface area contributed by atoms with Crippen LogP contribution in [-0.4, -0.2) is 16.6 Å². The summed E-state index contributed by atoms with van der Waals surface area (Å²) in [5, 5.41) is 13.8. The van der Waals surface area contributed by atoms with E-state index in [9.17, 15) is 9.90 Å². The Hall–Kier alpha value is -1.52. The fourth-order valence-corrected chi connectivity index (χ4v) is 1.87. The van der Waals surface area contributed by atoms with E-state index in [1.807, 2.05) is 6.07 Å². The van der Waals surface area contributed by atoms with Crippen LogP contribution in [0.25, 0.3) is 11.0 Å². The first-order valence-electron chi connectivity index (χ1n) is 6.00. The van der Waals surface area contributed by atoms with Crippen LogP contribution >= 0.6 is 11.6 Å². The number of rotatable bonds is 3. The zero-order chi connectivity index (χ0) is 14.2. The van der Waals surface area contributed by atoms with E-state index in [0.717, 1.165) is 5.39 Å². The van der Waals surface area contributed by atoms with E-state index in [2.05, 4.69) is 5.32 Å². The Balaban J connectivity index is 2.22. The number of fused-ring (bicyclic) bond motifs is 1. The fourth-order valence-electron chi connectivity index (χ4n) is 1.69. The number of carbonyl (C=O) groups excluding carboxylic acids is 1. The summed E-state index contributed by atoms with van der Waals surface area (Å²) in [6.45, 7) is 4.67. The number of halogens is 1. The number of furan rings is 1. The average molecular weight is 282 g/mol. The zero-order valence-corrected chi connectivity index (χ0v) is 11.8. The summed E-state index contributed by atoms with van der Waals surface area (Å²) in [6, 6.07) is 6.83. The Morgan fingerprint density at radius 1 is 1.42 bits per heavy atom. The SMILES string of the molecule is CC(NC(=O)C(C)(C)O)c1cc2cc(Cl)ccc2o1. The summed E-state index contributed by atoms with van der Waals surface area (Å²) < 4.78 is 5.64. The van der Waals surface area contributed by atoms with Crippen LogP contribution in [0, 0.1) is 0 Å². The average Bonchev–Trinajstić information content (AvgIpc) is 2.70. The van der Waals surface area contributed by atoms with Crippen molar-refractivity contribution >= 4 is 28.5 Å². The Bertz CT molecular complexity index is 613. The molecule has 0 aliphatic heterocycles. The van der Waals surface area contributed by atoms with Gasteiger partial charge in [0.2, 0.25) is 0 Å². The third-order valence-corrected chi connectivity index (χ3v) is 3.06. The van der Waals surface area contributed by atoms with Gasteiger partial charge in [-0.3, -0.25) is 4.79 Å². The molecule has 4 nitrogen and oxygen atoms in total. The molecule has 1 amide bonds. The molecule has 2 N–H and O–H groups in total. The highest BCUT2D eigenvalue weighted by Gasteiger charge is 2.26. The first kappa shape index (κ1) is 13.9. The van der Waals surface area contributed by atoms with Crippen molar-refractivity contribution in [1.29, 1.82) is 0 Å². The second-order valence-corrected chi connectivity index (χ2v) is 5.52. The first-order valence-corrected chi connectivity index (χ1v) is 6.37. The zero-order valence-electron chi connectivity index (χ0n) is 11.0. The molecule has 2 rings (SSSR count). The van der Waals surface area contributed by atoms with Gasteiger partial charge in [-0.15, -0.1) is 0 Å². The molecule has 1 unspecified atom stereocenters. The van der Waals surface area contributed by atoms with Gasteiger partial charge >= 0.3 is 0 Å². The van der Waals surface area contributed by atoms with Crippen molar-refractivity contribution in [3.05, 3.63) is 35.0 Å². The summed E-state index contributed by atoms with van der Waals surface area (Å²) in [7, 11) is 0. The predicted molar refractivity (Wildman–Crippen MR) is 74.1 cm³/mol. The normalized spacial score (nSPS) is 13.5. The molecule has 0 aliphatic rings. The number of hydrogen-bond acceptors (Lipinski definition) is 3. The third kappa shape index (κ3) is 3.08. The molecule has 0 aliphatic carbocycles. The molecule has 1 atom stereocenters. The van der Waals surface area contributed by atoms with Crippen molar-refractivity contribution in [2.75, 3.05) is 0 Å². The molecule has 0 spiro atoms. The Morgan fingerprint density at radius 2 is 2.11 bits per heavy atom. The number of nitrogens with one attached hydrogen (secondary N) is 1. The van der Waals surface area contributed by atoms with Crippen molar-refractivity contribution in [3.8, 4) is 0 Å². The number of benzene rings is 1. The Kier molecular flexibility index (Phi) is 3.56. The van der Waals surface area contributed by atoms with Gasteiger partial charge in [-0.2, -0.15) is 0 Å². The second-order valence-electron chi connectivity index (χ2n) is 5.09. The van der Waals surface area contributed by atoms with Gasteiger partial charge in [0.05, 0.1) is 6.04 Å². The van der Waals surface area contributed by atoms with Crippen LogP contribution in [0.5, 0.6) is 0 Å².